The van der Waals surface area contributed by atoms with Crippen LogP contribution in [0.15, 0.2) is 41.6 Å². The molecule has 0 bridgehead atoms. The number of aryl methyl sites for hydroxylation is 2. The highest BCUT2D eigenvalue weighted by atomic mass is 32.2. The second-order valence-electron chi connectivity index (χ2n) is 5.67. The molecular formula is C16H23N5O3S. The zero-order valence-corrected chi connectivity index (χ0v) is 15.3. The smallest absolute Gasteiger partial charge is 0.241 e. The predicted octanol–water partition coefficient (Wildman–Crippen LogP) is 0.0837. The Bertz CT molecular complexity index is 815. The summed E-state index contributed by atoms with van der Waals surface area (Å²) in [6.07, 6.45) is 3.36. The Balaban J connectivity index is 1.85. The van der Waals surface area contributed by atoms with Gasteiger partial charge in [0.1, 0.15) is 6.04 Å². The molecule has 0 spiro atoms. The molecule has 136 valence electrons. The lowest BCUT2D eigenvalue weighted by molar-refractivity contribution is -0.123. The first-order valence-electron chi connectivity index (χ1n) is 7.83. The molecular weight excluding hydrogens is 342 g/mol. The van der Waals surface area contributed by atoms with Crippen molar-refractivity contribution in [3.63, 3.8) is 0 Å². The van der Waals surface area contributed by atoms with Gasteiger partial charge >= 0.3 is 0 Å². The number of hydrogen-bond donors (Lipinski definition) is 3. The number of hydrogen-bond acceptors (Lipinski definition) is 5. The predicted molar refractivity (Wildman–Crippen MR) is 94.4 cm³/mol. The molecule has 0 saturated carbocycles. The van der Waals surface area contributed by atoms with Crippen molar-refractivity contribution in [1.29, 1.82) is 0 Å². The number of carbonyl (C=O) groups excluding carboxylic acids is 1. The first-order valence-corrected chi connectivity index (χ1v) is 9.31. The van der Waals surface area contributed by atoms with Crippen molar-refractivity contribution < 1.29 is 13.2 Å². The monoisotopic (exact) mass is 365 g/mol. The minimum absolute atomic E-state index is 0.103. The Morgan fingerprint density at radius 3 is 2.48 bits per heavy atom. The van der Waals surface area contributed by atoms with E-state index in [9.17, 15) is 13.2 Å². The number of amides is 1. The Kier molecular flexibility index (Phi) is 6.29. The van der Waals surface area contributed by atoms with Gasteiger partial charge in [0.25, 0.3) is 0 Å². The molecule has 8 nitrogen and oxygen atoms in total. The van der Waals surface area contributed by atoms with Gasteiger partial charge in [-0.25, -0.2) is 13.1 Å². The molecule has 9 heteroatoms. The summed E-state index contributed by atoms with van der Waals surface area (Å²) < 4.78 is 28.4. The van der Waals surface area contributed by atoms with Gasteiger partial charge < -0.3 is 10.6 Å². The van der Waals surface area contributed by atoms with Crippen LogP contribution in [0, 0.1) is 6.92 Å². The van der Waals surface area contributed by atoms with Gasteiger partial charge in [-0.1, -0.05) is 17.7 Å². The van der Waals surface area contributed by atoms with Gasteiger partial charge in [0, 0.05) is 31.9 Å². The second-order valence-corrected chi connectivity index (χ2v) is 7.44. The van der Waals surface area contributed by atoms with Crippen LogP contribution in [-0.4, -0.2) is 44.2 Å². The average molecular weight is 365 g/mol. The van der Waals surface area contributed by atoms with Gasteiger partial charge in [-0.05, 0) is 26.1 Å². The number of sulfonamides is 1. The quantitative estimate of drug-likeness (QED) is 0.575. The molecule has 1 heterocycles. The number of likely N-dealkylation sites (N-methyl/N-ethyl adjacent to an activating group) is 1. The van der Waals surface area contributed by atoms with Crippen molar-refractivity contribution >= 4 is 15.9 Å². The van der Waals surface area contributed by atoms with Crippen LogP contribution in [0.1, 0.15) is 17.2 Å². The maximum Gasteiger partial charge on any atom is 0.241 e. The summed E-state index contributed by atoms with van der Waals surface area (Å²) in [6, 6.07) is 6.04. The fourth-order valence-corrected chi connectivity index (χ4v) is 3.34. The van der Waals surface area contributed by atoms with Crippen LogP contribution in [0.25, 0.3) is 0 Å². The van der Waals surface area contributed by atoms with E-state index in [1.165, 1.54) is 0 Å². The summed E-state index contributed by atoms with van der Waals surface area (Å²) in [5.74, 6) is -0.245. The van der Waals surface area contributed by atoms with Crippen LogP contribution in [0.3, 0.4) is 0 Å². The molecule has 1 aromatic carbocycles. The minimum Gasteiger partial charge on any atom is -0.353 e. The van der Waals surface area contributed by atoms with Crippen molar-refractivity contribution in [3.8, 4) is 0 Å². The molecule has 2 rings (SSSR count). The summed E-state index contributed by atoms with van der Waals surface area (Å²) >= 11 is 0. The lowest BCUT2D eigenvalue weighted by atomic mass is 10.1. The molecule has 1 amide bonds. The fourth-order valence-electron chi connectivity index (χ4n) is 2.31. The topological polar surface area (TPSA) is 105 Å². The van der Waals surface area contributed by atoms with E-state index in [0.717, 1.165) is 11.1 Å². The van der Waals surface area contributed by atoms with Gasteiger partial charge in [-0.3, -0.25) is 9.48 Å². The first kappa shape index (κ1) is 19.1. The van der Waals surface area contributed by atoms with Crippen molar-refractivity contribution in [2.75, 3.05) is 20.1 Å². The zero-order valence-electron chi connectivity index (χ0n) is 14.5. The second kappa shape index (κ2) is 8.24. The van der Waals surface area contributed by atoms with Crippen molar-refractivity contribution in [1.82, 2.24) is 25.1 Å². The van der Waals surface area contributed by atoms with E-state index in [-0.39, 0.29) is 23.9 Å². The molecule has 0 aliphatic rings. The maximum absolute atomic E-state index is 12.2. The SMILES string of the molecule is CNC(C(=O)NCCNS(=O)(=O)c1ccc(C)cc1)c1cnn(C)c1. The lowest BCUT2D eigenvalue weighted by Gasteiger charge is -2.14. The van der Waals surface area contributed by atoms with Crippen molar-refractivity contribution in [2.45, 2.75) is 17.9 Å². The summed E-state index contributed by atoms with van der Waals surface area (Å²) in [7, 11) is -0.130. The Labute approximate surface area is 147 Å². The number of benzene rings is 1. The van der Waals surface area contributed by atoms with Gasteiger partial charge in [-0.15, -0.1) is 0 Å². The number of rotatable bonds is 8. The Hall–Kier alpha value is -2.23. The molecule has 0 fully saturated rings. The van der Waals surface area contributed by atoms with E-state index in [2.05, 4.69) is 20.5 Å². The Morgan fingerprint density at radius 2 is 1.92 bits per heavy atom. The molecule has 1 aromatic heterocycles. The normalized spacial score (nSPS) is 12.8. The minimum atomic E-state index is -3.58. The van der Waals surface area contributed by atoms with E-state index >= 15 is 0 Å². The van der Waals surface area contributed by atoms with E-state index in [0.29, 0.717) is 0 Å². The van der Waals surface area contributed by atoms with E-state index < -0.39 is 16.1 Å². The molecule has 1 atom stereocenters. The number of aromatic nitrogens is 2. The largest absolute Gasteiger partial charge is 0.353 e. The van der Waals surface area contributed by atoms with Crippen molar-refractivity contribution in [3.05, 3.63) is 47.8 Å². The first-order chi connectivity index (χ1) is 11.8. The summed E-state index contributed by atoms with van der Waals surface area (Å²) in [4.78, 5) is 12.4. The number of nitrogens with zero attached hydrogens (tertiary/aromatic N) is 2. The third-order valence-electron chi connectivity index (χ3n) is 3.66. The highest BCUT2D eigenvalue weighted by molar-refractivity contribution is 7.89. The maximum atomic E-state index is 12.2. The number of carbonyl (C=O) groups is 1. The highest BCUT2D eigenvalue weighted by Gasteiger charge is 2.20. The molecule has 0 aliphatic carbocycles. The third kappa shape index (κ3) is 5.12. The van der Waals surface area contributed by atoms with E-state index in [1.54, 1.807) is 55.4 Å². The summed E-state index contributed by atoms with van der Waals surface area (Å²) in [6.45, 7) is 2.17. The van der Waals surface area contributed by atoms with Crippen LogP contribution in [0.2, 0.25) is 0 Å². The third-order valence-corrected chi connectivity index (χ3v) is 5.13. The van der Waals surface area contributed by atoms with Crippen LogP contribution in [-0.2, 0) is 21.9 Å². The molecule has 25 heavy (non-hydrogen) atoms. The summed E-state index contributed by atoms with van der Waals surface area (Å²) in [5.41, 5.74) is 1.72. The standard InChI is InChI=1S/C16H23N5O3S/c1-12-4-6-14(7-5-12)25(23,24)20-9-8-18-16(22)15(17-2)13-10-19-21(3)11-13/h4-7,10-11,15,17,20H,8-9H2,1-3H3,(H,18,22). The van der Waals surface area contributed by atoms with Gasteiger partial charge in [0.15, 0.2) is 0 Å². The molecule has 0 aliphatic heterocycles. The van der Waals surface area contributed by atoms with E-state index in [4.69, 9.17) is 0 Å². The molecule has 2 aromatic rings. The fraction of sp³-hybridized carbons (Fsp3) is 0.375. The zero-order chi connectivity index (χ0) is 18.4. The Morgan fingerprint density at radius 1 is 1.24 bits per heavy atom. The van der Waals surface area contributed by atoms with Crippen LogP contribution in [0.4, 0.5) is 0 Å². The summed E-state index contributed by atoms with van der Waals surface area (Å²) in [5, 5.41) is 9.67. The average Bonchev–Trinajstić information content (AvgIpc) is 2.99. The van der Waals surface area contributed by atoms with Crippen LogP contribution < -0.4 is 15.4 Å². The van der Waals surface area contributed by atoms with Crippen molar-refractivity contribution in [2.24, 2.45) is 7.05 Å². The molecule has 3 N–H and O–H groups in total. The molecule has 0 radical (unpaired) electrons. The van der Waals surface area contributed by atoms with Crippen LogP contribution in [0.5, 0.6) is 0 Å². The van der Waals surface area contributed by atoms with Gasteiger partial charge in [0.05, 0.1) is 11.1 Å². The van der Waals surface area contributed by atoms with Crippen LogP contribution >= 0.6 is 0 Å². The highest BCUT2D eigenvalue weighted by Crippen LogP contribution is 2.11. The number of nitrogens with one attached hydrogen (secondary N) is 3. The lowest BCUT2D eigenvalue weighted by Crippen LogP contribution is -2.40. The van der Waals surface area contributed by atoms with Gasteiger partial charge in [0.2, 0.25) is 15.9 Å². The molecule has 0 saturated heterocycles. The van der Waals surface area contributed by atoms with Gasteiger partial charge in [-0.2, -0.15) is 5.10 Å². The van der Waals surface area contributed by atoms with E-state index in [1.807, 2.05) is 6.92 Å². The molecule has 1 unspecified atom stereocenters.